The average Bonchev–Trinajstić information content (AvgIpc) is 2.63. The molecule has 0 bridgehead atoms. The predicted molar refractivity (Wildman–Crippen MR) is 101 cm³/mol. The van der Waals surface area contributed by atoms with Crippen LogP contribution in [-0.4, -0.2) is 28.9 Å². The largest absolute Gasteiger partial charge is 0.311 e. The standard InChI is InChI=1S/C21H26FN3O/c1-16(26)24-21-14-18(8-11-23-21)3-2-17-9-12-25(13-10-17)15-19-4-6-20(22)7-5-19/h4-8,11,14,17H,2-3,9-10,12-13,15H2,1H3,(H,23,24,26). The third-order valence-corrected chi connectivity index (χ3v) is 5.00. The van der Waals surface area contributed by atoms with Crippen LogP contribution in [0.3, 0.4) is 0 Å². The van der Waals surface area contributed by atoms with E-state index >= 15 is 0 Å². The molecule has 5 heteroatoms. The number of benzene rings is 1. The Balaban J connectivity index is 1.42. The van der Waals surface area contributed by atoms with Crippen LogP contribution in [0.2, 0.25) is 0 Å². The van der Waals surface area contributed by atoms with Crippen LogP contribution >= 0.6 is 0 Å². The van der Waals surface area contributed by atoms with E-state index in [0.717, 1.165) is 38.4 Å². The lowest BCUT2D eigenvalue weighted by Gasteiger charge is -2.32. The van der Waals surface area contributed by atoms with Crippen molar-refractivity contribution in [2.75, 3.05) is 18.4 Å². The van der Waals surface area contributed by atoms with Gasteiger partial charge in [0.05, 0.1) is 0 Å². The maximum Gasteiger partial charge on any atom is 0.222 e. The number of hydrogen-bond donors (Lipinski definition) is 1. The average molecular weight is 355 g/mol. The molecule has 0 spiro atoms. The second kappa shape index (κ2) is 8.90. The van der Waals surface area contributed by atoms with E-state index < -0.39 is 0 Å². The third-order valence-electron chi connectivity index (χ3n) is 5.00. The number of amides is 1. The van der Waals surface area contributed by atoms with Gasteiger partial charge in [-0.1, -0.05) is 12.1 Å². The molecule has 4 nitrogen and oxygen atoms in total. The second-order valence-corrected chi connectivity index (χ2v) is 7.12. The van der Waals surface area contributed by atoms with Crippen molar-refractivity contribution in [3.8, 4) is 0 Å². The van der Waals surface area contributed by atoms with Crippen molar-refractivity contribution < 1.29 is 9.18 Å². The first-order valence-electron chi connectivity index (χ1n) is 9.28. The van der Waals surface area contributed by atoms with Crippen molar-refractivity contribution in [3.05, 3.63) is 59.5 Å². The maximum absolute atomic E-state index is 13.0. The minimum atomic E-state index is -0.176. The summed E-state index contributed by atoms with van der Waals surface area (Å²) in [4.78, 5) is 17.8. The minimum absolute atomic E-state index is 0.0943. The molecule has 0 radical (unpaired) electrons. The lowest BCUT2D eigenvalue weighted by molar-refractivity contribution is -0.114. The molecule has 1 amide bonds. The molecule has 0 aliphatic carbocycles. The van der Waals surface area contributed by atoms with Gasteiger partial charge in [-0.15, -0.1) is 0 Å². The number of halogens is 1. The van der Waals surface area contributed by atoms with Crippen molar-refractivity contribution in [1.29, 1.82) is 0 Å². The minimum Gasteiger partial charge on any atom is -0.311 e. The Kier molecular flexibility index (Phi) is 6.34. The third kappa shape index (κ3) is 5.63. The van der Waals surface area contributed by atoms with Gasteiger partial charge in [-0.3, -0.25) is 9.69 Å². The highest BCUT2D eigenvalue weighted by Crippen LogP contribution is 2.24. The molecule has 1 aromatic carbocycles. The van der Waals surface area contributed by atoms with E-state index in [-0.39, 0.29) is 11.7 Å². The van der Waals surface area contributed by atoms with Crippen LogP contribution in [0.25, 0.3) is 0 Å². The van der Waals surface area contributed by atoms with Gasteiger partial charge < -0.3 is 5.32 Å². The summed E-state index contributed by atoms with van der Waals surface area (Å²) >= 11 is 0. The maximum atomic E-state index is 13.0. The van der Waals surface area contributed by atoms with Crippen molar-refractivity contribution in [2.24, 2.45) is 5.92 Å². The van der Waals surface area contributed by atoms with Gasteiger partial charge in [0.25, 0.3) is 0 Å². The number of aryl methyl sites for hydroxylation is 1. The quantitative estimate of drug-likeness (QED) is 0.851. The van der Waals surface area contributed by atoms with Crippen LogP contribution in [0.1, 0.15) is 37.3 Å². The molecule has 2 aromatic rings. The Morgan fingerprint density at radius 1 is 1.19 bits per heavy atom. The van der Waals surface area contributed by atoms with Crippen LogP contribution in [0.15, 0.2) is 42.6 Å². The predicted octanol–water partition coefficient (Wildman–Crippen LogP) is 4.02. The van der Waals surface area contributed by atoms with E-state index in [0.29, 0.717) is 5.82 Å². The van der Waals surface area contributed by atoms with E-state index in [9.17, 15) is 9.18 Å². The number of pyridine rings is 1. The highest BCUT2D eigenvalue weighted by atomic mass is 19.1. The molecular weight excluding hydrogens is 329 g/mol. The second-order valence-electron chi connectivity index (χ2n) is 7.12. The molecule has 138 valence electrons. The molecule has 0 unspecified atom stereocenters. The molecular formula is C21H26FN3O. The zero-order valence-corrected chi connectivity index (χ0v) is 15.2. The van der Waals surface area contributed by atoms with Gasteiger partial charge in [0, 0.05) is 19.7 Å². The van der Waals surface area contributed by atoms with Gasteiger partial charge in [0.1, 0.15) is 11.6 Å². The first-order valence-corrected chi connectivity index (χ1v) is 9.28. The zero-order chi connectivity index (χ0) is 18.4. The van der Waals surface area contributed by atoms with Crippen LogP contribution in [0.5, 0.6) is 0 Å². The lowest BCUT2D eigenvalue weighted by Crippen LogP contribution is -2.33. The van der Waals surface area contributed by atoms with E-state index in [4.69, 9.17) is 0 Å². The van der Waals surface area contributed by atoms with Crippen LogP contribution in [-0.2, 0) is 17.8 Å². The van der Waals surface area contributed by atoms with Crippen molar-refractivity contribution in [1.82, 2.24) is 9.88 Å². The highest BCUT2D eigenvalue weighted by molar-refractivity contribution is 5.87. The summed E-state index contributed by atoms with van der Waals surface area (Å²) in [6.45, 7) is 4.58. The first-order chi connectivity index (χ1) is 12.6. The van der Waals surface area contributed by atoms with Crippen LogP contribution in [0.4, 0.5) is 10.2 Å². The summed E-state index contributed by atoms with van der Waals surface area (Å²) in [6.07, 6.45) is 6.33. The van der Waals surface area contributed by atoms with Gasteiger partial charge in [-0.25, -0.2) is 9.37 Å². The van der Waals surface area contributed by atoms with E-state index in [1.807, 2.05) is 24.3 Å². The van der Waals surface area contributed by atoms with Crippen LogP contribution < -0.4 is 5.32 Å². The highest BCUT2D eigenvalue weighted by Gasteiger charge is 2.19. The lowest BCUT2D eigenvalue weighted by atomic mass is 9.90. The van der Waals surface area contributed by atoms with E-state index in [1.54, 1.807) is 6.20 Å². The number of nitrogens with one attached hydrogen (secondary N) is 1. The number of aromatic nitrogens is 1. The van der Waals surface area contributed by atoms with Gasteiger partial charge in [0.2, 0.25) is 5.91 Å². The summed E-state index contributed by atoms with van der Waals surface area (Å²) in [5.41, 5.74) is 2.39. The summed E-state index contributed by atoms with van der Waals surface area (Å²) in [5.74, 6) is 1.09. The molecule has 0 saturated carbocycles. The summed E-state index contributed by atoms with van der Waals surface area (Å²) in [7, 11) is 0. The Labute approximate surface area is 154 Å². The molecule has 1 aliphatic heterocycles. The smallest absolute Gasteiger partial charge is 0.222 e. The van der Waals surface area contributed by atoms with Crippen molar-refractivity contribution >= 4 is 11.7 Å². The van der Waals surface area contributed by atoms with Gasteiger partial charge in [-0.2, -0.15) is 0 Å². The number of hydrogen-bond acceptors (Lipinski definition) is 3. The molecule has 1 fully saturated rings. The van der Waals surface area contributed by atoms with Crippen molar-refractivity contribution in [3.63, 3.8) is 0 Å². The number of likely N-dealkylation sites (tertiary alicyclic amines) is 1. The van der Waals surface area contributed by atoms with E-state index in [2.05, 4.69) is 15.2 Å². The Morgan fingerprint density at radius 2 is 1.92 bits per heavy atom. The van der Waals surface area contributed by atoms with E-state index in [1.165, 1.54) is 43.0 Å². The topological polar surface area (TPSA) is 45.2 Å². The van der Waals surface area contributed by atoms with Crippen LogP contribution in [0, 0.1) is 11.7 Å². The van der Waals surface area contributed by atoms with Gasteiger partial charge >= 0.3 is 0 Å². The molecule has 1 N–H and O–H groups in total. The molecule has 1 aromatic heterocycles. The Morgan fingerprint density at radius 3 is 2.62 bits per heavy atom. The SMILES string of the molecule is CC(=O)Nc1cc(CCC2CCN(Cc3ccc(F)cc3)CC2)ccn1. The number of nitrogens with zero attached hydrogens (tertiary/aromatic N) is 2. The molecule has 3 rings (SSSR count). The Hall–Kier alpha value is -2.27. The number of anilines is 1. The van der Waals surface area contributed by atoms with Gasteiger partial charge in [-0.05, 0) is 80.1 Å². The fraction of sp³-hybridized carbons (Fsp3) is 0.429. The monoisotopic (exact) mass is 355 g/mol. The normalized spacial score (nSPS) is 15.8. The molecule has 1 saturated heterocycles. The molecule has 0 atom stereocenters. The number of rotatable bonds is 6. The number of carbonyl (C=O) groups is 1. The number of piperidine rings is 1. The fourth-order valence-electron chi connectivity index (χ4n) is 3.53. The first kappa shape index (κ1) is 18.5. The van der Waals surface area contributed by atoms with Gasteiger partial charge in [0.15, 0.2) is 0 Å². The zero-order valence-electron chi connectivity index (χ0n) is 15.2. The summed E-state index contributed by atoms with van der Waals surface area (Å²) in [5, 5.41) is 2.74. The molecule has 26 heavy (non-hydrogen) atoms. The Bertz CT molecular complexity index is 724. The summed E-state index contributed by atoms with van der Waals surface area (Å²) in [6, 6.07) is 10.8. The molecule has 1 aliphatic rings. The summed E-state index contributed by atoms with van der Waals surface area (Å²) < 4.78 is 13.0. The number of carbonyl (C=O) groups excluding carboxylic acids is 1. The van der Waals surface area contributed by atoms with Crippen molar-refractivity contribution in [2.45, 2.75) is 39.2 Å². The molecule has 2 heterocycles. The fourth-order valence-corrected chi connectivity index (χ4v) is 3.53.